The Morgan fingerprint density at radius 1 is 1.29 bits per heavy atom. The zero-order chi connectivity index (χ0) is 9.97. The molecule has 1 N–H and O–H groups in total. The van der Waals surface area contributed by atoms with Gasteiger partial charge in [-0.05, 0) is 43.9 Å². The number of hydrogen-bond donors (Lipinski definition) is 1. The first-order valence-corrected chi connectivity index (χ1v) is 5.24. The van der Waals surface area contributed by atoms with E-state index in [1.165, 1.54) is 30.5 Å². The number of rotatable bonds is 2. The molecule has 2 heteroatoms. The van der Waals surface area contributed by atoms with Crippen LogP contribution in [0.15, 0.2) is 24.3 Å². The van der Waals surface area contributed by atoms with Crippen LogP contribution >= 0.6 is 0 Å². The molecule has 0 bridgehead atoms. The van der Waals surface area contributed by atoms with Crippen molar-refractivity contribution in [3.05, 3.63) is 35.6 Å². The van der Waals surface area contributed by atoms with Crippen molar-refractivity contribution < 1.29 is 4.39 Å². The van der Waals surface area contributed by atoms with Gasteiger partial charge in [-0.15, -0.1) is 0 Å². The lowest BCUT2D eigenvalue weighted by atomic mass is 10.0. The third-order valence-corrected chi connectivity index (χ3v) is 2.86. The van der Waals surface area contributed by atoms with E-state index < -0.39 is 0 Å². The monoisotopic (exact) mass is 193 g/mol. The van der Waals surface area contributed by atoms with Crippen molar-refractivity contribution in [2.24, 2.45) is 0 Å². The van der Waals surface area contributed by atoms with E-state index in [-0.39, 0.29) is 5.82 Å². The molecule has 1 aromatic carbocycles. The van der Waals surface area contributed by atoms with Crippen molar-refractivity contribution in [3.63, 3.8) is 0 Å². The summed E-state index contributed by atoms with van der Waals surface area (Å²) in [6.07, 6.45) is 3.51. The van der Waals surface area contributed by atoms with Crippen LogP contribution in [0.1, 0.15) is 25.3 Å². The molecule has 1 fully saturated rings. The van der Waals surface area contributed by atoms with E-state index in [9.17, 15) is 4.39 Å². The molecule has 0 saturated carbocycles. The lowest BCUT2D eigenvalue weighted by Crippen LogP contribution is -2.28. The average Bonchev–Trinajstić information content (AvgIpc) is 2.56. The Bertz CT molecular complexity index is 294. The number of hydrogen-bond acceptors (Lipinski definition) is 1. The number of benzene rings is 1. The Hall–Kier alpha value is -0.890. The summed E-state index contributed by atoms with van der Waals surface area (Å²) in [7, 11) is 0. The SMILES string of the molecule is CC1CCC(Cc2ccc(F)cc2)N1. The van der Waals surface area contributed by atoms with Crippen molar-refractivity contribution >= 4 is 0 Å². The van der Waals surface area contributed by atoms with Gasteiger partial charge in [-0.25, -0.2) is 4.39 Å². The lowest BCUT2D eigenvalue weighted by Gasteiger charge is -2.11. The molecule has 2 atom stereocenters. The van der Waals surface area contributed by atoms with E-state index in [1.54, 1.807) is 0 Å². The van der Waals surface area contributed by atoms with Gasteiger partial charge in [0.2, 0.25) is 0 Å². The fourth-order valence-corrected chi connectivity index (χ4v) is 2.09. The zero-order valence-electron chi connectivity index (χ0n) is 8.46. The van der Waals surface area contributed by atoms with Crippen LogP contribution in [0.3, 0.4) is 0 Å². The second kappa shape index (κ2) is 4.09. The third kappa shape index (κ3) is 2.32. The maximum Gasteiger partial charge on any atom is 0.123 e. The Kier molecular flexibility index (Phi) is 2.82. The number of halogens is 1. The molecular weight excluding hydrogens is 177 g/mol. The molecule has 0 aliphatic carbocycles. The van der Waals surface area contributed by atoms with Gasteiger partial charge in [0.15, 0.2) is 0 Å². The Morgan fingerprint density at radius 2 is 2.00 bits per heavy atom. The van der Waals surface area contributed by atoms with E-state index in [4.69, 9.17) is 0 Å². The van der Waals surface area contributed by atoms with Gasteiger partial charge in [0.25, 0.3) is 0 Å². The van der Waals surface area contributed by atoms with E-state index in [0.717, 1.165) is 6.42 Å². The molecule has 0 aromatic heterocycles. The molecule has 1 nitrogen and oxygen atoms in total. The summed E-state index contributed by atoms with van der Waals surface area (Å²) >= 11 is 0. The topological polar surface area (TPSA) is 12.0 Å². The number of nitrogens with one attached hydrogen (secondary N) is 1. The molecule has 76 valence electrons. The highest BCUT2D eigenvalue weighted by Gasteiger charge is 2.19. The van der Waals surface area contributed by atoms with E-state index in [1.807, 2.05) is 12.1 Å². The van der Waals surface area contributed by atoms with Crippen molar-refractivity contribution in [1.29, 1.82) is 0 Å². The molecule has 2 unspecified atom stereocenters. The Morgan fingerprint density at radius 3 is 2.57 bits per heavy atom. The minimum Gasteiger partial charge on any atom is -0.311 e. The molecule has 1 saturated heterocycles. The van der Waals surface area contributed by atoms with Gasteiger partial charge in [0.1, 0.15) is 5.82 Å². The van der Waals surface area contributed by atoms with Crippen molar-refractivity contribution in [1.82, 2.24) is 5.32 Å². The first-order valence-electron chi connectivity index (χ1n) is 5.24. The fraction of sp³-hybridized carbons (Fsp3) is 0.500. The zero-order valence-corrected chi connectivity index (χ0v) is 8.46. The van der Waals surface area contributed by atoms with Crippen LogP contribution in [0.5, 0.6) is 0 Å². The van der Waals surface area contributed by atoms with Crippen molar-refractivity contribution in [2.75, 3.05) is 0 Å². The summed E-state index contributed by atoms with van der Waals surface area (Å²) in [5.74, 6) is -0.151. The van der Waals surface area contributed by atoms with Crippen LogP contribution in [0.2, 0.25) is 0 Å². The highest BCUT2D eigenvalue weighted by atomic mass is 19.1. The second-order valence-corrected chi connectivity index (χ2v) is 4.17. The van der Waals surface area contributed by atoms with Crippen molar-refractivity contribution in [2.45, 2.75) is 38.3 Å². The van der Waals surface area contributed by atoms with Gasteiger partial charge in [-0.1, -0.05) is 12.1 Å². The van der Waals surface area contributed by atoms with Crippen LogP contribution in [0, 0.1) is 5.82 Å². The molecular formula is C12H16FN. The molecule has 1 aromatic rings. The van der Waals surface area contributed by atoms with Crippen LogP contribution < -0.4 is 5.32 Å². The van der Waals surface area contributed by atoms with Gasteiger partial charge in [-0.3, -0.25) is 0 Å². The molecule has 0 radical (unpaired) electrons. The van der Waals surface area contributed by atoms with Gasteiger partial charge < -0.3 is 5.32 Å². The van der Waals surface area contributed by atoms with Crippen LogP contribution in [-0.2, 0) is 6.42 Å². The van der Waals surface area contributed by atoms with E-state index >= 15 is 0 Å². The smallest absolute Gasteiger partial charge is 0.123 e. The summed E-state index contributed by atoms with van der Waals surface area (Å²) < 4.78 is 12.6. The maximum absolute atomic E-state index is 12.6. The predicted molar refractivity (Wildman–Crippen MR) is 55.7 cm³/mol. The van der Waals surface area contributed by atoms with Crippen LogP contribution in [-0.4, -0.2) is 12.1 Å². The first kappa shape index (κ1) is 9.66. The van der Waals surface area contributed by atoms with E-state index in [0.29, 0.717) is 12.1 Å². The van der Waals surface area contributed by atoms with Gasteiger partial charge >= 0.3 is 0 Å². The predicted octanol–water partition coefficient (Wildman–Crippen LogP) is 2.51. The van der Waals surface area contributed by atoms with Crippen LogP contribution in [0.4, 0.5) is 4.39 Å². The molecule has 1 aliphatic heterocycles. The fourth-order valence-electron chi connectivity index (χ4n) is 2.09. The lowest BCUT2D eigenvalue weighted by molar-refractivity contribution is 0.557. The molecule has 0 amide bonds. The molecule has 1 heterocycles. The summed E-state index contributed by atoms with van der Waals surface area (Å²) in [4.78, 5) is 0. The van der Waals surface area contributed by atoms with Crippen LogP contribution in [0.25, 0.3) is 0 Å². The molecule has 14 heavy (non-hydrogen) atoms. The normalized spacial score (nSPS) is 26.7. The Labute approximate surface area is 84.3 Å². The van der Waals surface area contributed by atoms with Gasteiger partial charge in [0.05, 0.1) is 0 Å². The summed E-state index contributed by atoms with van der Waals surface area (Å²) in [5.41, 5.74) is 1.22. The summed E-state index contributed by atoms with van der Waals surface area (Å²) in [6.45, 7) is 2.21. The Balaban J connectivity index is 1.94. The molecule has 1 aliphatic rings. The van der Waals surface area contributed by atoms with Gasteiger partial charge in [0, 0.05) is 12.1 Å². The highest BCUT2D eigenvalue weighted by molar-refractivity contribution is 5.17. The van der Waals surface area contributed by atoms with E-state index in [2.05, 4.69) is 12.2 Å². The second-order valence-electron chi connectivity index (χ2n) is 4.17. The standard InChI is InChI=1S/C12H16FN/c1-9-2-7-12(14-9)8-10-3-5-11(13)6-4-10/h3-6,9,12,14H,2,7-8H2,1H3. The largest absolute Gasteiger partial charge is 0.311 e. The molecule has 0 spiro atoms. The van der Waals surface area contributed by atoms with Crippen molar-refractivity contribution in [3.8, 4) is 0 Å². The quantitative estimate of drug-likeness (QED) is 0.761. The summed E-state index contributed by atoms with van der Waals surface area (Å²) in [6, 6.07) is 8.04. The first-order chi connectivity index (χ1) is 6.74. The maximum atomic E-state index is 12.6. The highest BCUT2D eigenvalue weighted by Crippen LogP contribution is 2.16. The third-order valence-electron chi connectivity index (χ3n) is 2.86. The summed E-state index contributed by atoms with van der Waals surface area (Å²) in [5, 5.41) is 3.52. The van der Waals surface area contributed by atoms with Gasteiger partial charge in [-0.2, -0.15) is 0 Å². The minimum atomic E-state index is -0.151. The molecule has 2 rings (SSSR count). The average molecular weight is 193 g/mol. The minimum absolute atomic E-state index is 0.151.